The Morgan fingerprint density at radius 1 is 1.00 bits per heavy atom. The fourth-order valence-corrected chi connectivity index (χ4v) is 5.23. The number of rotatable bonds is 9. The molecule has 1 saturated heterocycles. The van der Waals surface area contributed by atoms with Crippen molar-refractivity contribution in [1.29, 1.82) is 0 Å². The average Bonchev–Trinajstić information content (AvgIpc) is 3.27. The molecule has 1 fully saturated rings. The molecule has 0 amide bonds. The zero-order valence-corrected chi connectivity index (χ0v) is 19.9. The number of likely N-dealkylation sites (tertiary alicyclic amines) is 1. The van der Waals surface area contributed by atoms with E-state index in [1.54, 1.807) is 0 Å². The van der Waals surface area contributed by atoms with E-state index < -0.39 is 0 Å². The number of allylic oxidation sites excluding steroid dienone is 1. The van der Waals surface area contributed by atoms with Crippen molar-refractivity contribution in [3.63, 3.8) is 0 Å². The van der Waals surface area contributed by atoms with Gasteiger partial charge in [0.1, 0.15) is 11.6 Å². The quantitative estimate of drug-likeness (QED) is 0.346. The summed E-state index contributed by atoms with van der Waals surface area (Å²) >= 11 is 0. The molecule has 178 valence electrons. The first kappa shape index (κ1) is 24.2. The van der Waals surface area contributed by atoms with Crippen LogP contribution in [0.15, 0.2) is 67.4 Å². The van der Waals surface area contributed by atoms with Crippen LogP contribution in [0, 0.1) is 11.6 Å². The molecule has 1 aliphatic rings. The lowest BCUT2D eigenvalue weighted by molar-refractivity contribution is 0.208. The van der Waals surface area contributed by atoms with Gasteiger partial charge in [-0.2, -0.15) is 0 Å². The van der Waals surface area contributed by atoms with Gasteiger partial charge < -0.3 is 9.88 Å². The molecule has 4 heteroatoms. The van der Waals surface area contributed by atoms with Crippen LogP contribution in [0.4, 0.5) is 8.78 Å². The van der Waals surface area contributed by atoms with Crippen molar-refractivity contribution in [2.75, 3.05) is 19.6 Å². The number of hydrogen-bond donors (Lipinski definition) is 1. The van der Waals surface area contributed by atoms with Crippen LogP contribution in [-0.2, 0) is 0 Å². The molecule has 0 saturated carbocycles. The zero-order chi connectivity index (χ0) is 23.9. The van der Waals surface area contributed by atoms with Crippen LogP contribution in [0.2, 0.25) is 0 Å². The summed E-state index contributed by atoms with van der Waals surface area (Å²) < 4.78 is 27.0. The molecule has 0 spiro atoms. The summed E-state index contributed by atoms with van der Waals surface area (Å²) in [5.41, 5.74) is 5.93. The van der Waals surface area contributed by atoms with Crippen LogP contribution in [0.5, 0.6) is 0 Å². The van der Waals surface area contributed by atoms with E-state index in [0.717, 1.165) is 62.1 Å². The SMILES string of the molecule is C=Cc1[nH]cc(C2CCN(CCCC(c3ccc(F)cc3)c3ccc(F)cc3)CC2)c1/C=C\C. The van der Waals surface area contributed by atoms with Gasteiger partial charge >= 0.3 is 0 Å². The molecular formula is C30H34F2N2. The highest BCUT2D eigenvalue weighted by Gasteiger charge is 2.24. The highest BCUT2D eigenvalue weighted by atomic mass is 19.1. The number of hydrogen-bond acceptors (Lipinski definition) is 1. The monoisotopic (exact) mass is 460 g/mol. The Morgan fingerprint density at radius 2 is 1.59 bits per heavy atom. The van der Waals surface area contributed by atoms with Crippen molar-refractivity contribution in [1.82, 2.24) is 9.88 Å². The number of nitrogens with zero attached hydrogens (tertiary/aromatic N) is 1. The van der Waals surface area contributed by atoms with Gasteiger partial charge in [0.15, 0.2) is 0 Å². The molecule has 0 aliphatic carbocycles. The molecule has 2 heterocycles. The maximum Gasteiger partial charge on any atom is 0.123 e. The highest BCUT2D eigenvalue weighted by molar-refractivity contribution is 5.65. The number of nitrogens with one attached hydrogen (secondary N) is 1. The molecule has 1 aliphatic heterocycles. The van der Waals surface area contributed by atoms with Crippen LogP contribution in [0.1, 0.15) is 72.4 Å². The fraction of sp³-hybridized carbons (Fsp3) is 0.333. The minimum atomic E-state index is -0.232. The summed E-state index contributed by atoms with van der Waals surface area (Å²) in [6.07, 6.45) is 12.6. The first-order valence-corrected chi connectivity index (χ1v) is 12.3. The third kappa shape index (κ3) is 5.74. The molecule has 1 N–H and O–H groups in total. The van der Waals surface area contributed by atoms with Crippen molar-refractivity contribution in [3.8, 4) is 0 Å². The predicted octanol–water partition coefficient (Wildman–Crippen LogP) is 7.76. The molecule has 1 aromatic heterocycles. The molecule has 2 nitrogen and oxygen atoms in total. The van der Waals surface area contributed by atoms with E-state index in [1.807, 2.05) is 30.3 Å². The van der Waals surface area contributed by atoms with Gasteiger partial charge in [-0.1, -0.05) is 43.0 Å². The maximum atomic E-state index is 13.5. The van der Waals surface area contributed by atoms with E-state index in [4.69, 9.17) is 0 Å². The highest BCUT2D eigenvalue weighted by Crippen LogP contribution is 2.34. The second-order valence-electron chi connectivity index (χ2n) is 9.19. The minimum absolute atomic E-state index is 0.138. The summed E-state index contributed by atoms with van der Waals surface area (Å²) in [4.78, 5) is 5.93. The topological polar surface area (TPSA) is 19.0 Å². The van der Waals surface area contributed by atoms with Crippen molar-refractivity contribution in [2.24, 2.45) is 0 Å². The Hall–Kier alpha value is -2.98. The number of H-pyrrole nitrogens is 1. The summed E-state index contributed by atoms with van der Waals surface area (Å²) in [6.45, 7) is 9.21. The average molecular weight is 461 g/mol. The van der Waals surface area contributed by atoms with Crippen LogP contribution in [-0.4, -0.2) is 29.5 Å². The standard InChI is InChI=1S/C30H34F2N2/c1-3-6-28-29(21-33-30(28)4-2)24-16-19-34(20-17-24)18-5-7-27(22-8-12-25(31)13-9-22)23-10-14-26(32)15-11-23/h3-4,6,8-15,21,24,27,33H,2,5,7,16-20H2,1H3/b6-3-. The summed E-state index contributed by atoms with van der Waals surface area (Å²) in [5.74, 6) is 0.243. The molecule has 3 aromatic rings. The first-order chi connectivity index (χ1) is 16.6. The lowest BCUT2D eigenvalue weighted by atomic mass is 9.86. The van der Waals surface area contributed by atoms with Crippen molar-refractivity contribution >= 4 is 12.2 Å². The number of aromatic amines is 1. The van der Waals surface area contributed by atoms with Crippen LogP contribution < -0.4 is 0 Å². The Bertz CT molecular complexity index is 1040. The Morgan fingerprint density at radius 3 is 2.12 bits per heavy atom. The van der Waals surface area contributed by atoms with Crippen LogP contribution >= 0.6 is 0 Å². The van der Waals surface area contributed by atoms with Gasteiger partial charge in [-0.25, -0.2) is 8.78 Å². The second-order valence-corrected chi connectivity index (χ2v) is 9.19. The fourth-order valence-electron chi connectivity index (χ4n) is 5.23. The Kier molecular flexibility index (Phi) is 8.12. The predicted molar refractivity (Wildman–Crippen MR) is 138 cm³/mol. The van der Waals surface area contributed by atoms with Crippen LogP contribution in [0.3, 0.4) is 0 Å². The van der Waals surface area contributed by atoms with Crippen molar-refractivity contribution in [3.05, 3.63) is 107 Å². The van der Waals surface area contributed by atoms with Gasteiger partial charge in [0.25, 0.3) is 0 Å². The largest absolute Gasteiger partial charge is 0.361 e. The van der Waals surface area contributed by atoms with Gasteiger partial charge in [-0.05, 0) is 105 Å². The van der Waals surface area contributed by atoms with E-state index in [-0.39, 0.29) is 17.6 Å². The molecule has 0 unspecified atom stereocenters. The Balaban J connectivity index is 1.35. The normalized spacial score (nSPS) is 15.4. The van der Waals surface area contributed by atoms with E-state index in [0.29, 0.717) is 5.92 Å². The second kappa shape index (κ2) is 11.4. The van der Waals surface area contributed by atoms with Crippen molar-refractivity contribution < 1.29 is 8.78 Å². The summed E-state index contributed by atoms with van der Waals surface area (Å²) in [6, 6.07) is 13.5. The molecule has 0 radical (unpaired) electrons. The minimum Gasteiger partial charge on any atom is -0.361 e. The summed E-state index contributed by atoms with van der Waals surface area (Å²) in [7, 11) is 0. The van der Waals surface area contributed by atoms with Crippen molar-refractivity contribution in [2.45, 2.75) is 44.4 Å². The smallest absolute Gasteiger partial charge is 0.123 e. The van der Waals surface area contributed by atoms with Crippen LogP contribution in [0.25, 0.3) is 12.2 Å². The number of benzene rings is 2. The van der Waals surface area contributed by atoms with E-state index in [1.165, 1.54) is 35.4 Å². The molecule has 34 heavy (non-hydrogen) atoms. The molecule has 0 atom stereocenters. The zero-order valence-electron chi connectivity index (χ0n) is 19.9. The molecule has 2 aromatic carbocycles. The lowest BCUT2D eigenvalue weighted by Gasteiger charge is -2.32. The molecule has 0 bridgehead atoms. The lowest BCUT2D eigenvalue weighted by Crippen LogP contribution is -2.33. The maximum absolute atomic E-state index is 13.5. The molecule has 4 rings (SSSR count). The van der Waals surface area contributed by atoms with Gasteiger partial charge in [0.05, 0.1) is 0 Å². The summed E-state index contributed by atoms with van der Waals surface area (Å²) in [5, 5.41) is 0. The van der Waals surface area contributed by atoms with E-state index >= 15 is 0 Å². The first-order valence-electron chi connectivity index (χ1n) is 12.3. The Labute approximate surface area is 202 Å². The number of piperidine rings is 1. The van der Waals surface area contributed by atoms with Gasteiger partial charge in [-0.3, -0.25) is 0 Å². The van der Waals surface area contributed by atoms with Gasteiger partial charge in [0, 0.05) is 23.4 Å². The number of halogens is 2. The third-order valence-corrected chi connectivity index (χ3v) is 7.06. The third-order valence-electron chi connectivity index (χ3n) is 7.06. The van der Waals surface area contributed by atoms with Gasteiger partial charge in [-0.15, -0.1) is 0 Å². The van der Waals surface area contributed by atoms with E-state index in [9.17, 15) is 8.78 Å². The number of aromatic nitrogens is 1. The van der Waals surface area contributed by atoms with Gasteiger partial charge in [0.2, 0.25) is 0 Å². The van der Waals surface area contributed by atoms with E-state index in [2.05, 4.69) is 41.7 Å². The molecular weight excluding hydrogens is 426 g/mol.